The molecule has 142 valence electrons. The molecule has 7 nitrogen and oxygen atoms in total. The Morgan fingerprint density at radius 1 is 1.30 bits per heavy atom. The highest BCUT2D eigenvalue weighted by Gasteiger charge is 2.17. The summed E-state index contributed by atoms with van der Waals surface area (Å²) < 4.78 is 7.86. The zero-order valence-electron chi connectivity index (χ0n) is 15.6. The van der Waals surface area contributed by atoms with Gasteiger partial charge in [-0.3, -0.25) is 9.48 Å². The molecule has 0 fully saturated rings. The molecule has 0 saturated carbocycles. The van der Waals surface area contributed by atoms with Crippen molar-refractivity contribution in [3.05, 3.63) is 46.1 Å². The van der Waals surface area contributed by atoms with Gasteiger partial charge < -0.3 is 9.84 Å². The second kappa shape index (κ2) is 8.47. The van der Waals surface area contributed by atoms with Crippen LogP contribution in [0.5, 0.6) is 0 Å². The highest BCUT2D eigenvalue weighted by Crippen LogP contribution is 2.32. The van der Waals surface area contributed by atoms with Crippen molar-refractivity contribution in [2.24, 2.45) is 7.05 Å². The average Bonchev–Trinajstić information content (AvgIpc) is 3.20. The quantitative estimate of drug-likeness (QED) is 0.609. The number of amides is 1. The fourth-order valence-corrected chi connectivity index (χ4v) is 3.16. The zero-order chi connectivity index (χ0) is 19.4. The Kier molecular flexibility index (Phi) is 6.05. The van der Waals surface area contributed by atoms with Gasteiger partial charge in [-0.15, -0.1) is 0 Å². The Bertz CT molecular complexity index is 930. The molecule has 8 heteroatoms. The van der Waals surface area contributed by atoms with Crippen molar-refractivity contribution in [1.82, 2.24) is 19.9 Å². The van der Waals surface area contributed by atoms with Crippen LogP contribution in [0.25, 0.3) is 11.1 Å². The van der Waals surface area contributed by atoms with Crippen LogP contribution >= 0.6 is 15.9 Å². The summed E-state index contributed by atoms with van der Waals surface area (Å²) in [5.41, 5.74) is 2.81. The van der Waals surface area contributed by atoms with Crippen molar-refractivity contribution in [2.45, 2.75) is 39.5 Å². The molecule has 27 heavy (non-hydrogen) atoms. The summed E-state index contributed by atoms with van der Waals surface area (Å²) in [6.07, 6.45) is 2.34. The van der Waals surface area contributed by atoms with Crippen molar-refractivity contribution in [2.75, 3.05) is 5.32 Å². The number of aromatic nitrogens is 4. The first-order chi connectivity index (χ1) is 13.0. The monoisotopic (exact) mass is 431 g/mol. The number of halogens is 1. The normalized spacial score (nSPS) is 11.0. The van der Waals surface area contributed by atoms with E-state index in [4.69, 9.17) is 4.52 Å². The molecule has 0 radical (unpaired) electrons. The van der Waals surface area contributed by atoms with Crippen LogP contribution in [0.1, 0.15) is 37.2 Å². The lowest BCUT2D eigenvalue weighted by Crippen LogP contribution is -2.15. The second-order valence-corrected chi connectivity index (χ2v) is 7.21. The summed E-state index contributed by atoms with van der Waals surface area (Å²) >= 11 is 3.45. The van der Waals surface area contributed by atoms with E-state index in [-0.39, 0.29) is 5.91 Å². The lowest BCUT2D eigenvalue weighted by atomic mass is 10.1. The van der Waals surface area contributed by atoms with Gasteiger partial charge in [-0.25, -0.2) is 0 Å². The number of hydrogen-bond donors (Lipinski definition) is 1. The highest BCUT2D eigenvalue weighted by atomic mass is 79.9. The molecule has 1 amide bonds. The number of nitrogens with one attached hydrogen (secondary N) is 1. The SMILES string of the molecule is CCc1noc(CCCC(=O)Nc2c(-c3ccc(Br)cc3)c(C)nn2C)n1. The van der Waals surface area contributed by atoms with Gasteiger partial charge in [-0.2, -0.15) is 10.1 Å². The molecule has 2 heterocycles. The van der Waals surface area contributed by atoms with Gasteiger partial charge in [-0.1, -0.05) is 40.1 Å². The fourth-order valence-electron chi connectivity index (χ4n) is 2.89. The smallest absolute Gasteiger partial charge is 0.226 e. The molecule has 0 aliphatic rings. The molecular weight excluding hydrogens is 410 g/mol. The van der Waals surface area contributed by atoms with Crippen LogP contribution in [0.3, 0.4) is 0 Å². The predicted molar refractivity (Wildman–Crippen MR) is 106 cm³/mol. The van der Waals surface area contributed by atoms with Crippen LogP contribution in [0, 0.1) is 6.92 Å². The van der Waals surface area contributed by atoms with Crippen LogP contribution in [0.4, 0.5) is 5.82 Å². The molecule has 3 rings (SSSR count). The summed E-state index contributed by atoms with van der Waals surface area (Å²) in [7, 11) is 1.83. The summed E-state index contributed by atoms with van der Waals surface area (Å²) in [4.78, 5) is 16.7. The maximum absolute atomic E-state index is 12.4. The summed E-state index contributed by atoms with van der Waals surface area (Å²) in [5.74, 6) is 1.91. The lowest BCUT2D eigenvalue weighted by Gasteiger charge is -2.09. The van der Waals surface area contributed by atoms with E-state index in [1.807, 2.05) is 45.2 Å². The largest absolute Gasteiger partial charge is 0.339 e. The van der Waals surface area contributed by atoms with E-state index in [1.54, 1.807) is 4.68 Å². The molecular formula is C19H22BrN5O2. The Morgan fingerprint density at radius 2 is 2.04 bits per heavy atom. The molecule has 0 bridgehead atoms. The first-order valence-electron chi connectivity index (χ1n) is 8.88. The number of carbonyl (C=O) groups excluding carboxylic acids is 1. The van der Waals surface area contributed by atoms with Crippen molar-refractivity contribution in [3.63, 3.8) is 0 Å². The number of nitrogens with zero attached hydrogens (tertiary/aromatic N) is 4. The molecule has 1 N–H and O–H groups in total. The number of anilines is 1. The Balaban J connectivity index is 1.66. The minimum Gasteiger partial charge on any atom is -0.339 e. The van der Waals surface area contributed by atoms with E-state index in [0.29, 0.717) is 36.8 Å². The van der Waals surface area contributed by atoms with E-state index < -0.39 is 0 Å². The van der Waals surface area contributed by atoms with Gasteiger partial charge in [0.15, 0.2) is 5.82 Å². The van der Waals surface area contributed by atoms with E-state index >= 15 is 0 Å². The van der Waals surface area contributed by atoms with Crippen LogP contribution in [0.2, 0.25) is 0 Å². The van der Waals surface area contributed by atoms with Crippen LogP contribution in [-0.2, 0) is 24.7 Å². The van der Waals surface area contributed by atoms with Gasteiger partial charge in [-0.05, 0) is 31.0 Å². The van der Waals surface area contributed by atoms with E-state index in [1.165, 1.54) is 0 Å². The van der Waals surface area contributed by atoms with E-state index in [2.05, 4.69) is 36.5 Å². The van der Waals surface area contributed by atoms with Crippen molar-refractivity contribution in [3.8, 4) is 11.1 Å². The van der Waals surface area contributed by atoms with E-state index in [0.717, 1.165) is 27.7 Å². The zero-order valence-corrected chi connectivity index (χ0v) is 17.2. The first kappa shape index (κ1) is 19.3. The molecule has 2 aromatic heterocycles. The molecule has 1 aromatic carbocycles. The predicted octanol–water partition coefficient (Wildman–Crippen LogP) is 4.06. The Hall–Kier alpha value is -2.48. The standard InChI is InChI=1S/C19H22BrN5O2/c1-4-15-21-17(27-24-15)7-5-6-16(26)22-19-18(12(2)23-25(19)3)13-8-10-14(20)11-9-13/h8-11H,4-7H2,1-3H3,(H,22,26). The summed E-state index contributed by atoms with van der Waals surface area (Å²) in [6, 6.07) is 7.96. The maximum Gasteiger partial charge on any atom is 0.226 e. The fraction of sp³-hybridized carbons (Fsp3) is 0.368. The van der Waals surface area contributed by atoms with Crippen LogP contribution < -0.4 is 5.32 Å². The van der Waals surface area contributed by atoms with Crippen molar-refractivity contribution >= 4 is 27.7 Å². The van der Waals surface area contributed by atoms with Gasteiger partial charge in [0.2, 0.25) is 11.8 Å². The number of carbonyl (C=O) groups is 1. The van der Waals surface area contributed by atoms with Gasteiger partial charge in [0.1, 0.15) is 5.82 Å². The third-order valence-corrected chi connectivity index (χ3v) is 4.76. The van der Waals surface area contributed by atoms with Gasteiger partial charge in [0, 0.05) is 36.3 Å². The van der Waals surface area contributed by atoms with Crippen LogP contribution in [-0.4, -0.2) is 25.8 Å². The summed E-state index contributed by atoms with van der Waals surface area (Å²) in [6.45, 7) is 3.91. The minimum absolute atomic E-state index is 0.0633. The number of benzene rings is 1. The first-order valence-corrected chi connectivity index (χ1v) is 9.68. The molecule has 0 saturated heterocycles. The van der Waals surface area contributed by atoms with Crippen molar-refractivity contribution in [1.29, 1.82) is 0 Å². The Labute approximate surface area is 166 Å². The highest BCUT2D eigenvalue weighted by molar-refractivity contribution is 9.10. The maximum atomic E-state index is 12.4. The van der Waals surface area contributed by atoms with E-state index in [9.17, 15) is 4.79 Å². The Morgan fingerprint density at radius 3 is 2.70 bits per heavy atom. The summed E-state index contributed by atoms with van der Waals surface area (Å²) in [5, 5.41) is 11.3. The molecule has 0 spiro atoms. The molecule has 0 aliphatic carbocycles. The molecule has 3 aromatic rings. The third kappa shape index (κ3) is 4.63. The number of hydrogen-bond acceptors (Lipinski definition) is 5. The number of aryl methyl sites for hydroxylation is 4. The topological polar surface area (TPSA) is 85.8 Å². The average molecular weight is 432 g/mol. The molecule has 0 unspecified atom stereocenters. The van der Waals surface area contributed by atoms with Gasteiger partial charge in [0.25, 0.3) is 0 Å². The molecule has 0 atom stereocenters. The lowest BCUT2D eigenvalue weighted by molar-refractivity contribution is -0.116. The number of rotatable bonds is 7. The van der Waals surface area contributed by atoms with Gasteiger partial charge in [0.05, 0.1) is 5.69 Å². The second-order valence-electron chi connectivity index (χ2n) is 6.30. The van der Waals surface area contributed by atoms with Crippen LogP contribution in [0.15, 0.2) is 33.3 Å². The minimum atomic E-state index is -0.0633. The third-order valence-electron chi connectivity index (χ3n) is 4.23. The molecule has 0 aliphatic heterocycles. The van der Waals surface area contributed by atoms with Gasteiger partial charge >= 0.3 is 0 Å². The van der Waals surface area contributed by atoms with Crippen molar-refractivity contribution < 1.29 is 9.32 Å².